The van der Waals surface area contributed by atoms with E-state index in [1.807, 2.05) is 11.8 Å². The van der Waals surface area contributed by atoms with Gasteiger partial charge in [0.2, 0.25) is 0 Å². The van der Waals surface area contributed by atoms with E-state index in [2.05, 4.69) is 5.32 Å². The molecule has 20 heavy (non-hydrogen) atoms. The number of benzene rings is 1. The van der Waals surface area contributed by atoms with Crippen molar-refractivity contribution in [3.8, 4) is 11.5 Å². The van der Waals surface area contributed by atoms with Gasteiger partial charge in [0.1, 0.15) is 11.5 Å². The highest BCUT2D eigenvalue weighted by Gasteiger charge is 2.19. The molecule has 0 atom stereocenters. The predicted molar refractivity (Wildman–Crippen MR) is 82.5 cm³/mol. The lowest BCUT2D eigenvalue weighted by Gasteiger charge is -2.27. The Kier molecular flexibility index (Phi) is 5.25. The van der Waals surface area contributed by atoms with Crippen molar-refractivity contribution in [2.75, 3.05) is 44.1 Å². The fourth-order valence-corrected chi connectivity index (χ4v) is 3.06. The number of urea groups is 1. The Labute approximate surface area is 127 Å². The summed E-state index contributed by atoms with van der Waals surface area (Å²) in [6.07, 6.45) is 0. The Morgan fingerprint density at radius 2 is 1.90 bits per heavy atom. The number of amides is 2. The third kappa shape index (κ3) is 3.43. The highest BCUT2D eigenvalue weighted by atomic mass is 35.5. The molecule has 2 rings (SSSR count). The number of carbonyl (C=O) groups excluding carboxylic acids is 1. The summed E-state index contributed by atoms with van der Waals surface area (Å²) in [5.74, 6) is 2.96. The maximum atomic E-state index is 12.2. The number of rotatable bonds is 3. The smallest absolute Gasteiger partial charge is 0.322 e. The van der Waals surface area contributed by atoms with Gasteiger partial charge in [0, 0.05) is 30.7 Å². The second-order valence-corrected chi connectivity index (χ2v) is 5.85. The van der Waals surface area contributed by atoms with Crippen LogP contribution in [-0.2, 0) is 0 Å². The number of carbonyl (C=O) groups is 1. The van der Waals surface area contributed by atoms with Gasteiger partial charge in [0.15, 0.2) is 0 Å². The summed E-state index contributed by atoms with van der Waals surface area (Å²) >= 11 is 7.93. The molecule has 0 radical (unpaired) electrons. The summed E-state index contributed by atoms with van der Waals surface area (Å²) in [5.41, 5.74) is 0.543. The highest BCUT2D eigenvalue weighted by molar-refractivity contribution is 7.99. The molecule has 0 saturated carbocycles. The first-order valence-electron chi connectivity index (χ1n) is 6.21. The molecule has 2 amide bonds. The van der Waals surface area contributed by atoms with Gasteiger partial charge in [-0.25, -0.2) is 4.79 Å². The molecule has 1 aromatic carbocycles. The van der Waals surface area contributed by atoms with Gasteiger partial charge in [-0.05, 0) is 6.07 Å². The molecule has 1 N–H and O–H groups in total. The molecule has 1 aliphatic rings. The third-order valence-corrected chi connectivity index (χ3v) is 4.25. The summed E-state index contributed by atoms with van der Waals surface area (Å²) in [6.45, 7) is 1.51. The minimum Gasteiger partial charge on any atom is -0.495 e. The molecule has 110 valence electrons. The van der Waals surface area contributed by atoms with Gasteiger partial charge in [-0.15, -0.1) is 0 Å². The Morgan fingerprint density at radius 3 is 2.50 bits per heavy atom. The van der Waals surface area contributed by atoms with Gasteiger partial charge in [0.05, 0.1) is 24.9 Å². The molecule has 0 unspecified atom stereocenters. The summed E-state index contributed by atoms with van der Waals surface area (Å²) < 4.78 is 10.4. The van der Waals surface area contributed by atoms with E-state index in [0.717, 1.165) is 24.6 Å². The van der Waals surface area contributed by atoms with Crippen molar-refractivity contribution >= 4 is 35.1 Å². The van der Waals surface area contributed by atoms with Crippen LogP contribution in [0.4, 0.5) is 10.5 Å². The number of hydrogen-bond acceptors (Lipinski definition) is 4. The van der Waals surface area contributed by atoms with Gasteiger partial charge in [-0.2, -0.15) is 11.8 Å². The van der Waals surface area contributed by atoms with Crippen LogP contribution in [0.2, 0.25) is 5.02 Å². The molecule has 7 heteroatoms. The van der Waals surface area contributed by atoms with E-state index in [-0.39, 0.29) is 6.03 Å². The number of ether oxygens (including phenoxy) is 2. The van der Waals surface area contributed by atoms with Crippen LogP contribution >= 0.6 is 23.4 Å². The molecule has 0 bridgehead atoms. The van der Waals surface area contributed by atoms with E-state index >= 15 is 0 Å². The molecular formula is C13H17ClN2O3S. The SMILES string of the molecule is COc1cc(OC)c(NC(=O)N2CCSCC2)cc1Cl. The molecule has 0 aromatic heterocycles. The Hall–Kier alpha value is -1.27. The van der Waals surface area contributed by atoms with Crippen molar-refractivity contribution in [3.05, 3.63) is 17.2 Å². The fraction of sp³-hybridized carbons (Fsp3) is 0.462. The highest BCUT2D eigenvalue weighted by Crippen LogP contribution is 2.36. The van der Waals surface area contributed by atoms with E-state index in [1.54, 1.807) is 17.0 Å². The first-order chi connectivity index (χ1) is 9.65. The number of nitrogens with zero attached hydrogens (tertiary/aromatic N) is 1. The number of nitrogens with one attached hydrogen (secondary N) is 1. The molecule has 0 spiro atoms. The van der Waals surface area contributed by atoms with Gasteiger partial charge >= 0.3 is 6.03 Å². The van der Waals surface area contributed by atoms with Crippen molar-refractivity contribution in [2.24, 2.45) is 0 Å². The molecule has 1 aromatic rings. The Bertz CT molecular complexity index is 493. The van der Waals surface area contributed by atoms with Gasteiger partial charge in [-0.1, -0.05) is 11.6 Å². The standard InChI is InChI=1S/C13H17ClN2O3S/c1-18-11-8-12(19-2)10(7-9(11)14)15-13(17)16-3-5-20-6-4-16/h7-8H,3-6H2,1-2H3,(H,15,17). The number of hydrogen-bond donors (Lipinski definition) is 1. The molecule has 0 aliphatic carbocycles. The second-order valence-electron chi connectivity index (χ2n) is 4.22. The topological polar surface area (TPSA) is 50.8 Å². The lowest BCUT2D eigenvalue weighted by molar-refractivity contribution is 0.217. The molecular weight excluding hydrogens is 300 g/mol. The van der Waals surface area contributed by atoms with Crippen LogP contribution in [0.5, 0.6) is 11.5 Å². The quantitative estimate of drug-likeness (QED) is 0.931. The Morgan fingerprint density at radius 1 is 1.25 bits per heavy atom. The van der Waals surface area contributed by atoms with E-state index in [9.17, 15) is 4.79 Å². The minimum atomic E-state index is -0.134. The van der Waals surface area contributed by atoms with Crippen LogP contribution in [0.15, 0.2) is 12.1 Å². The van der Waals surface area contributed by atoms with E-state index in [1.165, 1.54) is 14.2 Å². The third-order valence-electron chi connectivity index (χ3n) is 3.01. The van der Waals surface area contributed by atoms with Crippen molar-refractivity contribution in [1.29, 1.82) is 0 Å². The van der Waals surface area contributed by atoms with Crippen molar-refractivity contribution in [3.63, 3.8) is 0 Å². The van der Waals surface area contributed by atoms with Crippen LogP contribution in [-0.4, -0.2) is 49.7 Å². The molecule has 1 heterocycles. The summed E-state index contributed by atoms with van der Waals surface area (Å²) in [6, 6.07) is 3.16. The van der Waals surface area contributed by atoms with Crippen LogP contribution in [0, 0.1) is 0 Å². The van der Waals surface area contributed by atoms with E-state index in [0.29, 0.717) is 22.2 Å². The molecule has 1 aliphatic heterocycles. The average Bonchev–Trinajstić information content (AvgIpc) is 2.48. The van der Waals surface area contributed by atoms with Gasteiger partial charge in [0.25, 0.3) is 0 Å². The summed E-state index contributed by atoms with van der Waals surface area (Å²) in [4.78, 5) is 14.0. The number of methoxy groups -OCH3 is 2. The van der Waals surface area contributed by atoms with Crippen LogP contribution in [0.1, 0.15) is 0 Å². The lowest BCUT2D eigenvalue weighted by atomic mass is 10.2. The van der Waals surface area contributed by atoms with E-state index < -0.39 is 0 Å². The second kappa shape index (κ2) is 6.95. The summed E-state index contributed by atoms with van der Waals surface area (Å²) in [5, 5.41) is 3.26. The zero-order valence-electron chi connectivity index (χ0n) is 11.4. The molecule has 1 fully saturated rings. The molecule has 1 saturated heterocycles. The largest absolute Gasteiger partial charge is 0.495 e. The Balaban J connectivity index is 2.15. The van der Waals surface area contributed by atoms with Crippen molar-refractivity contribution in [1.82, 2.24) is 4.90 Å². The number of anilines is 1. The summed E-state index contributed by atoms with van der Waals surface area (Å²) in [7, 11) is 3.07. The number of thioether (sulfide) groups is 1. The fourth-order valence-electron chi connectivity index (χ4n) is 1.92. The zero-order valence-corrected chi connectivity index (χ0v) is 13.0. The average molecular weight is 317 g/mol. The van der Waals surface area contributed by atoms with Crippen molar-refractivity contribution < 1.29 is 14.3 Å². The van der Waals surface area contributed by atoms with Gasteiger partial charge in [-0.3, -0.25) is 0 Å². The zero-order chi connectivity index (χ0) is 14.5. The van der Waals surface area contributed by atoms with Gasteiger partial charge < -0.3 is 19.7 Å². The number of halogens is 1. The minimum absolute atomic E-state index is 0.134. The lowest BCUT2D eigenvalue weighted by Crippen LogP contribution is -2.40. The van der Waals surface area contributed by atoms with Crippen LogP contribution in [0.25, 0.3) is 0 Å². The normalized spacial score (nSPS) is 14.8. The predicted octanol–water partition coefficient (Wildman–Crippen LogP) is 2.94. The monoisotopic (exact) mass is 316 g/mol. The first kappa shape index (κ1) is 15.1. The first-order valence-corrected chi connectivity index (χ1v) is 7.74. The molecule has 5 nitrogen and oxygen atoms in total. The maximum absolute atomic E-state index is 12.2. The van der Waals surface area contributed by atoms with Crippen LogP contribution < -0.4 is 14.8 Å². The van der Waals surface area contributed by atoms with Crippen LogP contribution in [0.3, 0.4) is 0 Å². The van der Waals surface area contributed by atoms with E-state index in [4.69, 9.17) is 21.1 Å². The maximum Gasteiger partial charge on any atom is 0.322 e. The van der Waals surface area contributed by atoms with Crippen molar-refractivity contribution in [2.45, 2.75) is 0 Å².